The zero-order chi connectivity index (χ0) is 21.7. The van der Waals surface area contributed by atoms with Gasteiger partial charge in [0.15, 0.2) is 0 Å². The monoisotopic (exact) mass is 408 g/mol. The van der Waals surface area contributed by atoms with E-state index in [0.29, 0.717) is 19.1 Å². The van der Waals surface area contributed by atoms with Gasteiger partial charge in [0, 0.05) is 14.2 Å². The second kappa shape index (κ2) is 13.3. The third-order valence-corrected chi connectivity index (χ3v) is 8.06. The molecule has 0 unspecified atom stereocenters. The number of ether oxygens (including phenoxy) is 2. The third kappa shape index (κ3) is 10.2. The Labute approximate surface area is 166 Å². The van der Waals surface area contributed by atoms with Crippen LogP contribution in [0.3, 0.4) is 0 Å². The minimum Gasteiger partial charge on any atom is -0.469 e. The highest BCUT2D eigenvalue weighted by molar-refractivity contribution is 6.67. The molecule has 0 atom stereocenters. The quantitative estimate of drug-likeness (QED) is 0.319. The van der Waals surface area contributed by atoms with Crippen LogP contribution in [-0.4, -0.2) is 59.8 Å². The van der Waals surface area contributed by atoms with Crippen LogP contribution in [0.15, 0.2) is 0 Å². The molecule has 0 heterocycles. The fourth-order valence-electron chi connectivity index (χ4n) is 1.76. The maximum Gasteiger partial charge on any atom is 0.364 e. The molecule has 0 aromatic heterocycles. The molecular formula is C19H40O7Si. The summed E-state index contributed by atoms with van der Waals surface area (Å²) in [5.74, 6) is -0.318. The van der Waals surface area contributed by atoms with E-state index in [4.69, 9.17) is 13.6 Å². The van der Waals surface area contributed by atoms with Crippen LogP contribution in [0.2, 0.25) is 6.04 Å². The summed E-state index contributed by atoms with van der Waals surface area (Å²) in [6, 6.07) is 0.607. The van der Waals surface area contributed by atoms with Crippen molar-refractivity contribution in [3.8, 4) is 0 Å². The number of methoxy groups -OCH3 is 1. The lowest BCUT2D eigenvalue weighted by molar-refractivity contribution is -0.154. The Morgan fingerprint density at radius 3 is 1.63 bits per heavy atom. The highest BCUT2D eigenvalue weighted by atomic mass is 28.4. The Morgan fingerprint density at radius 1 is 0.889 bits per heavy atom. The molecule has 1 N–H and O–H groups in total. The number of hydrogen-bond acceptors (Lipinski definition) is 7. The van der Waals surface area contributed by atoms with Crippen LogP contribution in [0.25, 0.3) is 0 Å². The smallest absolute Gasteiger partial charge is 0.364 e. The van der Waals surface area contributed by atoms with Crippen LogP contribution in [0.4, 0.5) is 0 Å². The number of carbonyl (C=O) groups excluding carboxylic acids is 2. The lowest BCUT2D eigenvalue weighted by Gasteiger charge is -2.25. The van der Waals surface area contributed by atoms with Crippen molar-refractivity contribution in [1.29, 1.82) is 0 Å². The number of hydrogen-bond donors (Lipinski definition) is 1. The first kappa shape index (κ1) is 28.2. The van der Waals surface area contributed by atoms with Crippen LogP contribution in [0.1, 0.15) is 60.8 Å². The molecule has 0 saturated heterocycles. The Morgan fingerprint density at radius 2 is 1.33 bits per heavy atom. The average molecular weight is 409 g/mol. The molecule has 0 rings (SSSR count). The van der Waals surface area contributed by atoms with Crippen molar-refractivity contribution in [2.24, 2.45) is 10.8 Å². The minimum atomic E-state index is -2.48. The minimum absolute atomic E-state index is 0.0889. The van der Waals surface area contributed by atoms with Crippen LogP contribution >= 0.6 is 0 Å². The maximum absolute atomic E-state index is 11.7. The summed E-state index contributed by atoms with van der Waals surface area (Å²) >= 11 is 0. The molecule has 0 fully saturated rings. The van der Waals surface area contributed by atoms with E-state index < -0.39 is 14.0 Å². The predicted octanol–water partition coefficient (Wildman–Crippen LogP) is 3.22. The average Bonchev–Trinajstić information content (AvgIpc) is 2.68. The van der Waals surface area contributed by atoms with Gasteiger partial charge in [-0.3, -0.25) is 9.59 Å². The van der Waals surface area contributed by atoms with Crippen molar-refractivity contribution < 1.29 is 33.0 Å². The van der Waals surface area contributed by atoms with Crippen molar-refractivity contribution in [3.63, 3.8) is 0 Å². The maximum atomic E-state index is 11.7. The first-order chi connectivity index (χ1) is 12.4. The van der Waals surface area contributed by atoms with Crippen molar-refractivity contribution in [2.45, 2.75) is 66.8 Å². The van der Waals surface area contributed by atoms with Crippen molar-refractivity contribution in [1.82, 2.24) is 0 Å². The molecule has 0 amide bonds. The van der Waals surface area contributed by atoms with Gasteiger partial charge in [0.05, 0.1) is 30.8 Å². The van der Waals surface area contributed by atoms with Crippen molar-refractivity contribution >= 4 is 20.5 Å². The molecule has 0 spiro atoms. The van der Waals surface area contributed by atoms with Crippen LogP contribution in [0, 0.1) is 10.8 Å². The molecule has 7 nitrogen and oxygen atoms in total. The highest BCUT2D eigenvalue weighted by Crippen LogP contribution is 2.22. The zero-order valence-electron chi connectivity index (χ0n) is 18.6. The van der Waals surface area contributed by atoms with E-state index in [1.165, 1.54) is 21.3 Å². The normalized spacial score (nSPS) is 12.1. The summed E-state index contributed by atoms with van der Waals surface area (Å²) in [6.45, 7) is 11.7. The van der Waals surface area contributed by atoms with Gasteiger partial charge in [0.25, 0.3) is 0 Å². The topological polar surface area (TPSA) is 91.3 Å². The molecule has 162 valence electrons. The summed E-state index contributed by atoms with van der Waals surface area (Å²) in [7, 11) is 2.02. The van der Waals surface area contributed by atoms with Gasteiger partial charge >= 0.3 is 20.5 Å². The van der Waals surface area contributed by atoms with E-state index in [9.17, 15) is 14.7 Å². The standard InChI is InChI=1S/C12H26O5Si.C7H14O2/c1-6-12(2,3)11(14)17-8-7-9-18(10-13,15-4)16-5;1-5-7(2,3)6(8)9-4/h13H,6-10H2,1-5H3;5H2,1-4H3. The second-order valence-corrected chi connectivity index (χ2v) is 11.1. The molecular weight excluding hydrogens is 368 g/mol. The van der Waals surface area contributed by atoms with Gasteiger partial charge in [-0.2, -0.15) is 0 Å². The Hall–Kier alpha value is -0.963. The molecule has 8 heteroatoms. The number of esters is 2. The Balaban J connectivity index is 0. The molecule has 0 saturated carbocycles. The molecule has 0 aromatic rings. The summed E-state index contributed by atoms with van der Waals surface area (Å²) < 4.78 is 20.3. The molecule has 0 aliphatic carbocycles. The second-order valence-electron chi connectivity index (χ2n) is 7.68. The molecule has 0 bridgehead atoms. The Kier molecular flexibility index (Phi) is 13.9. The molecule has 27 heavy (non-hydrogen) atoms. The van der Waals surface area contributed by atoms with Crippen LogP contribution < -0.4 is 0 Å². The number of carbonyl (C=O) groups is 2. The van der Waals surface area contributed by atoms with Crippen molar-refractivity contribution in [2.75, 3.05) is 34.2 Å². The molecule has 0 radical (unpaired) electrons. The van der Waals surface area contributed by atoms with E-state index in [1.807, 2.05) is 41.5 Å². The fourth-order valence-corrected chi connectivity index (χ4v) is 3.44. The van der Waals surface area contributed by atoms with Gasteiger partial charge in [0.1, 0.15) is 0 Å². The van der Waals surface area contributed by atoms with E-state index in [-0.39, 0.29) is 23.6 Å². The van der Waals surface area contributed by atoms with E-state index in [1.54, 1.807) is 0 Å². The first-order valence-electron chi connectivity index (χ1n) is 9.38. The summed E-state index contributed by atoms with van der Waals surface area (Å²) in [5.41, 5.74) is -0.747. The van der Waals surface area contributed by atoms with Gasteiger partial charge in [0.2, 0.25) is 0 Å². The Bertz CT molecular complexity index is 424. The number of rotatable bonds is 11. The molecule has 0 aromatic carbocycles. The third-order valence-electron chi connectivity index (χ3n) is 4.98. The zero-order valence-corrected chi connectivity index (χ0v) is 19.6. The predicted molar refractivity (Wildman–Crippen MR) is 107 cm³/mol. The summed E-state index contributed by atoms with van der Waals surface area (Å²) in [5, 5.41) is 9.26. The lowest BCUT2D eigenvalue weighted by Crippen LogP contribution is -2.44. The SMILES string of the molecule is CCC(C)(C)C(=O)OC.CCC(C)(C)C(=O)OCCC[Si](CO)(OC)OC. The summed E-state index contributed by atoms with van der Waals surface area (Å²) in [6.07, 6.45) is 2.12. The summed E-state index contributed by atoms with van der Waals surface area (Å²) in [4.78, 5) is 22.5. The highest BCUT2D eigenvalue weighted by Gasteiger charge is 2.34. The van der Waals surface area contributed by atoms with Crippen LogP contribution in [0.5, 0.6) is 0 Å². The molecule has 0 aliphatic heterocycles. The fraction of sp³-hybridized carbons (Fsp3) is 0.895. The molecule has 0 aliphatic rings. The van der Waals surface area contributed by atoms with Gasteiger partial charge in [-0.05, 0) is 53.0 Å². The lowest BCUT2D eigenvalue weighted by atomic mass is 9.91. The van der Waals surface area contributed by atoms with Gasteiger partial charge in [-0.15, -0.1) is 0 Å². The number of aliphatic hydroxyl groups is 1. The first-order valence-corrected chi connectivity index (χ1v) is 11.6. The van der Waals surface area contributed by atoms with Gasteiger partial charge < -0.3 is 23.4 Å². The van der Waals surface area contributed by atoms with E-state index in [2.05, 4.69) is 4.74 Å². The van der Waals surface area contributed by atoms with E-state index in [0.717, 1.165) is 12.8 Å². The van der Waals surface area contributed by atoms with Gasteiger partial charge in [-0.1, -0.05) is 13.8 Å². The van der Waals surface area contributed by atoms with Gasteiger partial charge in [-0.25, -0.2) is 0 Å². The number of aliphatic hydroxyl groups excluding tert-OH is 1. The van der Waals surface area contributed by atoms with Crippen molar-refractivity contribution in [3.05, 3.63) is 0 Å². The van der Waals surface area contributed by atoms with Crippen LogP contribution in [-0.2, 0) is 27.9 Å². The largest absolute Gasteiger partial charge is 0.469 e. The van der Waals surface area contributed by atoms with E-state index >= 15 is 0 Å².